The molecule has 0 heterocycles. The van der Waals surface area contributed by atoms with Crippen molar-refractivity contribution < 1.29 is 9.84 Å². The maximum Gasteiger partial charge on any atom is 0.118 e. The van der Waals surface area contributed by atoms with Gasteiger partial charge in [0.1, 0.15) is 5.75 Å². The molecule has 0 bridgehead atoms. The first-order chi connectivity index (χ1) is 7.69. The van der Waals surface area contributed by atoms with E-state index in [0.717, 1.165) is 5.75 Å². The molecule has 1 aromatic carbocycles. The zero-order chi connectivity index (χ0) is 12.0. The van der Waals surface area contributed by atoms with Crippen molar-refractivity contribution in [1.82, 2.24) is 5.32 Å². The van der Waals surface area contributed by atoms with Crippen molar-refractivity contribution in [3.63, 3.8) is 0 Å². The number of ether oxygens (including phenoxy) is 1. The molecule has 0 aliphatic heterocycles. The van der Waals surface area contributed by atoms with Crippen molar-refractivity contribution in [1.29, 1.82) is 0 Å². The summed E-state index contributed by atoms with van der Waals surface area (Å²) < 4.78 is 5.13. The SMILES string of the molecule is COc1ccc(C(C)C(C)NCCO)cc1. The Morgan fingerprint density at radius 1 is 1.25 bits per heavy atom. The molecule has 16 heavy (non-hydrogen) atoms. The Balaban J connectivity index is 2.60. The lowest BCUT2D eigenvalue weighted by atomic mass is 9.94. The molecule has 0 amide bonds. The molecule has 0 saturated carbocycles. The van der Waals surface area contributed by atoms with Gasteiger partial charge in [0.25, 0.3) is 0 Å². The largest absolute Gasteiger partial charge is 0.497 e. The van der Waals surface area contributed by atoms with Crippen LogP contribution in [0.3, 0.4) is 0 Å². The van der Waals surface area contributed by atoms with Gasteiger partial charge in [0.15, 0.2) is 0 Å². The summed E-state index contributed by atoms with van der Waals surface area (Å²) >= 11 is 0. The van der Waals surface area contributed by atoms with Gasteiger partial charge >= 0.3 is 0 Å². The van der Waals surface area contributed by atoms with Gasteiger partial charge in [-0.2, -0.15) is 0 Å². The van der Waals surface area contributed by atoms with E-state index < -0.39 is 0 Å². The molecule has 1 aromatic rings. The van der Waals surface area contributed by atoms with Gasteiger partial charge in [-0.25, -0.2) is 0 Å². The monoisotopic (exact) mass is 223 g/mol. The van der Waals surface area contributed by atoms with Gasteiger partial charge in [-0.15, -0.1) is 0 Å². The molecule has 2 atom stereocenters. The van der Waals surface area contributed by atoms with Crippen LogP contribution in [0, 0.1) is 0 Å². The first-order valence-corrected chi connectivity index (χ1v) is 5.67. The highest BCUT2D eigenvalue weighted by Crippen LogP contribution is 2.21. The van der Waals surface area contributed by atoms with Crippen molar-refractivity contribution >= 4 is 0 Å². The summed E-state index contributed by atoms with van der Waals surface area (Å²) in [5, 5.41) is 12.0. The van der Waals surface area contributed by atoms with Crippen LogP contribution in [0.25, 0.3) is 0 Å². The minimum atomic E-state index is 0.180. The van der Waals surface area contributed by atoms with Crippen LogP contribution in [0.1, 0.15) is 25.3 Å². The zero-order valence-electron chi connectivity index (χ0n) is 10.2. The Morgan fingerprint density at radius 2 is 1.88 bits per heavy atom. The molecule has 0 aromatic heterocycles. The average molecular weight is 223 g/mol. The summed E-state index contributed by atoms with van der Waals surface area (Å²) in [7, 11) is 1.67. The van der Waals surface area contributed by atoms with Crippen LogP contribution >= 0.6 is 0 Å². The van der Waals surface area contributed by atoms with Gasteiger partial charge in [0, 0.05) is 12.6 Å². The molecule has 0 radical (unpaired) electrons. The van der Waals surface area contributed by atoms with E-state index in [1.54, 1.807) is 7.11 Å². The van der Waals surface area contributed by atoms with Crippen molar-refractivity contribution in [2.24, 2.45) is 0 Å². The van der Waals surface area contributed by atoms with Crippen LogP contribution in [-0.2, 0) is 0 Å². The van der Waals surface area contributed by atoms with E-state index in [1.165, 1.54) is 5.56 Å². The summed E-state index contributed by atoms with van der Waals surface area (Å²) in [5.74, 6) is 1.30. The quantitative estimate of drug-likeness (QED) is 0.772. The zero-order valence-corrected chi connectivity index (χ0v) is 10.2. The van der Waals surface area contributed by atoms with Gasteiger partial charge in [-0.3, -0.25) is 0 Å². The topological polar surface area (TPSA) is 41.5 Å². The summed E-state index contributed by atoms with van der Waals surface area (Å²) in [6.45, 7) is 5.13. The normalized spacial score (nSPS) is 14.5. The minimum Gasteiger partial charge on any atom is -0.497 e. The van der Waals surface area contributed by atoms with Crippen LogP contribution in [0.5, 0.6) is 5.75 Å². The fourth-order valence-electron chi connectivity index (χ4n) is 1.67. The third-order valence-electron chi connectivity index (χ3n) is 2.97. The standard InChI is InChI=1S/C13H21NO2/c1-10(11(2)14-8-9-15)12-4-6-13(16-3)7-5-12/h4-7,10-11,14-15H,8-9H2,1-3H3. The highest BCUT2D eigenvalue weighted by molar-refractivity contribution is 5.29. The second-order valence-electron chi connectivity index (χ2n) is 4.03. The summed E-state index contributed by atoms with van der Waals surface area (Å²) in [5.41, 5.74) is 1.28. The number of rotatable bonds is 6. The van der Waals surface area contributed by atoms with Gasteiger partial charge in [0.2, 0.25) is 0 Å². The Morgan fingerprint density at radius 3 is 2.38 bits per heavy atom. The Kier molecular flexibility index (Phi) is 5.29. The molecule has 0 saturated heterocycles. The highest BCUT2D eigenvalue weighted by Gasteiger charge is 2.13. The maximum atomic E-state index is 8.76. The molecule has 3 nitrogen and oxygen atoms in total. The van der Waals surface area contributed by atoms with E-state index >= 15 is 0 Å². The Bertz CT molecular complexity index is 297. The molecule has 0 fully saturated rings. The van der Waals surface area contributed by atoms with Crippen LogP contribution in [0.4, 0.5) is 0 Å². The van der Waals surface area contributed by atoms with E-state index in [0.29, 0.717) is 18.5 Å². The summed E-state index contributed by atoms with van der Waals surface area (Å²) in [6.07, 6.45) is 0. The second-order valence-corrected chi connectivity index (χ2v) is 4.03. The van der Waals surface area contributed by atoms with Crippen LogP contribution in [0.15, 0.2) is 24.3 Å². The van der Waals surface area contributed by atoms with Crippen LogP contribution in [-0.4, -0.2) is 31.4 Å². The van der Waals surface area contributed by atoms with Gasteiger partial charge in [-0.05, 0) is 30.5 Å². The summed E-state index contributed by atoms with van der Waals surface area (Å²) in [4.78, 5) is 0. The second kappa shape index (κ2) is 6.51. The fourth-order valence-corrected chi connectivity index (χ4v) is 1.67. The number of nitrogens with one attached hydrogen (secondary N) is 1. The molecular weight excluding hydrogens is 202 g/mol. The van der Waals surface area contributed by atoms with E-state index in [1.807, 2.05) is 12.1 Å². The number of hydrogen-bond donors (Lipinski definition) is 2. The molecule has 90 valence electrons. The third-order valence-corrected chi connectivity index (χ3v) is 2.97. The van der Waals surface area contributed by atoms with Gasteiger partial charge in [-0.1, -0.05) is 19.1 Å². The summed E-state index contributed by atoms with van der Waals surface area (Å²) in [6, 6.07) is 8.47. The van der Waals surface area contributed by atoms with E-state index in [-0.39, 0.29) is 6.61 Å². The Labute approximate surface area is 97.4 Å². The minimum absolute atomic E-state index is 0.180. The van der Waals surface area contributed by atoms with E-state index in [2.05, 4.69) is 31.3 Å². The molecular formula is C13H21NO2. The molecule has 1 rings (SSSR count). The first kappa shape index (κ1) is 13.0. The van der Waals surface area contributed by atoms with Gasteiger partial charge < -0.3 is 15.2 Å². The molecule has 3 heteroatoms. The molecule has 2 unspecified atom stereocenters. The third kappa shape index (κ3) is 3.51. The predicted molar refractivity (Wildman–Crippen MR) is 66.0 cm³/mol. The van der Waals surface area contributed by atoms with Crippen molar-refractivity contribution in [3.05, 3.63) is 29.8 Å². The van der Waals surface area contributed by atoms with E-state index in [9.17, 15) is 0 Å². The highest BCUT2D eigenvalue weighted by atomic mass is 16.5. The molecule has 0 aliphatic carbocycles. The van der Waals surface area contributed by atoms with Crippen LogP contribution < -0.4 is 10.1 Å². The average Bonchev–Trinajstić information content (AvgIpc) is 2.35. The number of methoxy groups -OCH3 is 1. The number of hydrogen-bond acceptors (Lipinski definition) is 3. The smallest absolute Gasteiger partial charge is 0.118 e. The lowest BCUT2D eigenvalue weighted by Gasteiger charge is -2.21. The fraction of sp³-hybridized carbons (Fsp3) is 0.538. The van der Waals surface area contributed by atoms with Crippen molar-refractivity contribution in [2.75, 3.05) is 20.3 Å². The lowest BCUT2D eigenvalue weighted by molar-refractivity contribution is 0.282. The maximum absolute atomic E-state index is 8.76. The predicted octanol–water partition coefficient (Wildman–Crippen LogP) is 1.77. The number of aliphatic hydroxyl groups is 1. The first-order valence-electron chi connectivity index (χ1n) is 5.67. The molecule has 0 spiro atoms. The number of aliphatic hydroxyl groups excluding tert-OH is 1. The van der Waals surface area contributed by atoms with Crippen molar-refractivity contribution in [3.8, 4) is 5.75 Å². The number of benzene rings is 1. The van der Waals surface area contributed by atoms with E-state index in [4.69, 9.17) is 9.84 Å². The van der Waals surface area contributed by atoms with Crippen molar-refractivity contribution in [2.45, 2.75) is 25.8 Å². The Hall–Kier alpha value is -1.06. The van der Waals surface area contributed by atoms with Crippen LogP contribution in [0.2, 0.25) is 0 Å². The van der Waals surface area contributed by atoms with Gasteiger partial charge in [0.05, 0.1) is 13.7 Å². The molecule has 2 N–H and O–H groups in total. The lowest BCUT2D eigenvalue weighted by Crippen LogP contribution is -2.33. The molecule has 0 aliphatic rings.